The van der Waals surface area contributed by atoms with Crippen LogP contribution in [0.5, 0.6) is 0 Å². The summed E-state index contributed by atoms with van der Waals surface area (Å²) in [5, 5.41) is 8.95. The van der Waals surface area contributed by atoms with E-state index in [-0.39, 0.29) is 10.8 Å². The summed E-state index contributed by atoms with van der Waals surface area (Å²) in [6.07, 6.45) is 0.755. The molecule has 1 saturated heterocycles. The first-order valence-corrected chi connectivity index (χ1v) is 7.11. The normalized spacial score (nSPS) is 21.4. The molecule has 2 unspecified atom stereocenters. The van der Waals surface area contributed by atoms with Crippen molar-refractivity contribution < 1.29 is 18.8 Å². The van der Waals surface area contributed by atoms with E-state index in [0.717, 1.165) is 6.42 Å². The Morgan fingerprint density at radius 3 is 2.88 bits per heavy atom. The lowest BCUT2D eigenvalue weighted by Gasteiger charge is -2.09. The third-order valence-electron chi connectivity index (χ3n) is 2.59. The number of benzene rings is 1. The SMILES string of the molecule is O=C(O)c1cc(S(=O)C2CCOC2)ccc1Br. The second kappa shape index (κ2) is 5.29. The van der Waals surface area contributed by atoms with Crippen LogP contribution in [0.15, 0.2) is 27.6 Å². The maximum atomic E-state index is 12.2. The van der Waals surface area contributed by atoms with Crippen molar-refractivity contribution in [2.24, 2.45) is 0 Å². The van der Waals surface area contributed by atoms with E-state index in [9.17, 15) is 9.00 Å². The standard InChI is InChI=1S/C11H11BrO4S/c12-10-2-1-7(5-9(10)11(13)14)17(15)8-3-4-16-6-8/h1-2,5,8H,3-4,6H2,(H,13,14). The molecule has 0 saturated carbocycles. The van der Waals surface area contributed by atoms with Gasteiger partial charge in [-0.1, -0.05) is 0 Å². The summed E-state index contributed by atoms with van der Waals surface area (Å²) in [7, 11) is -1.20. The molecule has 1 fully saturated rings. The van der Waals surface area contributed by atoms with Crippen molar-refractivity contribution in [1.29, 1.82) is 0 Å². The third-order valence-corrected chi connectivity index (χ3v) is 4.98. The van der Waals surface area contributed by atoms with Crippen LogP contribution in [-0.4, -0.2) is 33.7 Å². The van der Waals surface area contributed by atoms with Gasteiger partial charge in [0, 0.05) is 16.0 Å². The van der Waals surface area contributed by atoms with Crippen molar-refractivity contribution in [1.82, 2.24) is 0 Å². The fourth-order valence-electron chi connectivity index (χ4n) is 1.67. The van der Waals surface area contributed by atoms with Gasteiger partial charge in [0.25, 0.3) is 0 Å². The molecule has 0 bridgehead atoms. The van der Waals surface area contributed by atoms with Crippen molar-refractivity contribution in [3.05, 3.63) is 28.2 Å². The summed E-state index contributed by atoms with van der Waals surface area (Å²) in [4.78, 5) is 11.5. The zero-order valence-corrected chi connectivity index (χ0v) is 11.3. The number of halogens is 1. The quantitative estimate of drug-likeness (QED) is 0.926. The molecule has 1 N–H and O–H groups in total. The number of carboxylic acids is 1. The zero-order chi connectivity index (χ0) is 12.4. The van der Waals surface area contributed by atoms with Gasteiger partial charge in [-0.2, -0.15) is 0 Å². The van der Waals surface area contributed by atoms with E-state index >= 15 is 0 Å². The molecular weight excluding hydrogens is 308 g/mol. The van der Waals surface area contributed by atoms with E-state index in [1.165, 1.54) is 6.07 Å². The average Bonchev–Trinajstić information content (AvgIpc) is 2.81. The summed E-state index contributed by atoms with van der Waals surface area (Å²) in [6.45, 7) is 1.10. The van der Waals surface area contributed by atoms with Gasteiger partial charge in [-0.15, -0.1) is 0 Å². The van der Waals surface area contributed by atoms with Gasteiger partial charge in [-0.05, 0) is 40.5 Å². The fourth-order valence-corrected chi connectivity index (χ4v) is 3.44. The summed E-state index contributed by atoms with van der Waals surface area (Å²) in [5.74, 6) is -1.03. The predicted molar refractivity (Wildman–Crippen MR) is 66.7 cm³/mol. The molecule has 0 aliphatic carbocycles. The van der Waals surface area contributed by atoms with Crippen LogP contribution in [0.2, 0.25) is 0 Å². The summed E-state index contributed by atoms with van der Waals surface area (Å²) in [6, 6.07) is 4.76. The molecule has 1 aliphatic heterocycles. The summed E-state index contributed by atoms with van der Waals surface area (Å²) < 4.78 is 17.8. The minimum Gasteiger partial charge on any atom is -0.478 e. The van der Waals surface area contributed by atoms with Gasteiger partial charge >= 0.3 is 5.97 Å². The second-order valence-corrected chi connectivity index (χ2v) is 6.32. The number of ether oxygens (including phenoxy) is 1. The van der Waals surface area contributed by atoms with Gasteiger partial charge in [0.05, 0.1) is 28.2 Å². The van der Waals surface area contributed by atoms with E-state index in [1.54, 1.807) is 12.1 Å². The number of rotatable bonds is 3. The summed E-state index contributed by atoms with van der Waals surface area (Å²) in [5.41, 5.74) is 0.134. The molecule has 6 heteroatoms. The first-order valence-electron chi connectivity index (χ1n) is 5.11. The molecule has 1 aliphatic rings. The van der Waals surface area contributed by atoms with Gasteiger partial charge in [0.2, 0.25) is 0 Å². The molecule has 92 valence electrons. The Balaban J connectivity index is 2.29. The smallest absolute Gasteiger partial charge is 0.336 e. The molecule has 1 aromatic carbocycles. The fraction of sp³-hybridized carbons (Fsp3) is 0.364. The number of hydrogen-bond acceptors (Lipinski definition) is 3. The first kappa shape index (κ1) is 12.7. The maximum absolute atomic E-state index is 12.2. The highest BCUT2D eigenvalue weighted by atomic mass is 79.9. The van der Waals surface area contributed by atoms with Gasteiger partial charge < -0.3 is 9.84 Å². The number of aromatic carboxylic acids is 1. The minimum atomic E-state index is -1.20. The van der Waals surface area contributed by atoms with Crippen molar-refractivity contribution in [3.8, 4) is 0 Å². The van der Waals surface area contributed by atoms with Crippen molar-refractivity contribution in [2.45, 2.75) is 16.6 Å². The topological polar surface area (TPSA) is 63.6 Å². The lowest BCUT2D eigenvalue weighted by molar-refractivity contribution is 0.0695. The van der Waals surface area contributed by atoms with Crippen LogP contribution < -0.4 is 0 Å². The van der Waals surface area contributed by atoms with Crippen molar-refractivity contribution >= 4 is 32.7 Å². The highest BCUT2D eigenvalue weighted by molar-refractivity contribution is 9.10. The Morgan fingerprint density at radius 1 is 1.53 bits per heavy atom. The molecule has 0 aromatic heterocycles. The van der Waals surface area contributed by atoms with E-state index in [4.69, 9.17) is 9.84 Å². The second-order valence-electron chi connectivity index (χ2n) is 3.73. The molecule has 4 nitrogen and oxygen atoms in total. The molecule has 2 rings (SSSR count). The van der Waals surface area contributed by atoms with E-state index in [2.05, 4.69) is 15.9 Å². The lowest BCUT2D eigenvalue weighted by Crippen LogP contribution is -2.15. The maximum Gasteiger partial charge on any atom is 0.336 e. The number of hydrogen-bond donors (Lipinski definition) is 1. The number of carboxylic acid groups (broad SMARTS) is 1. The van der Waals surface area contributed by atoms with E-state index in [0.29, 0.717) is 22.6 Å². The molecule has 2 atom stereocenters. The van der Waals surface area contributed by atoms with Crippen LogP contribution in [0.25, 0.3) is 0 Å². The summed E-state index contributed by atoms with van der Waals surface area (Å²) >= 11 is 3.16. The molecular formula is C11H11BrO4S. The van der Waals surface area contributed by atoms with Gasteiger partial charge in [-0.3, -0.25) is 4.21 Å². The molecule has 0 radical (unpaired) electrons. The predicted octanol–water partition coefficient (Wildman–Crippen LogP) is 2.04. The zero-order valence-electron chi connectivity index (χ0n) is 8.89. The Labute approximate surface area is 110 Å². The van der Waals surface area contributed by atoms with Crippen LogP contribution >= 0.6 is 15.9 Å². The van der Waals surface area contributed by atoms with Gasteiger partial charge in [0.15, 0.2) is 0 Å². The Hall–Kier alpha value is -0.720. The largest absolute Gasteiger partial charge is 0.478 e. The Morgan fingerprint density at radius 2 is 2.29 bits per heavy atom. The van der Waals surface area contributed by atoms with Crippen molar-refractivity contribution in [2.75, 3.05) is 13.2 Å². The molecule has 0 amide bonds. The molecule has 17 heavy (non-hydrogen) atoms. The number of carbonyl (C=O) groups is 1. The van der Waals surface area contributed by atoms with Crippen LogP contribution in [0.1, 0.15) is 16.8 Å². The average molecular weight is 319 g/mol. The Bertz CT molecular complexity index is 469. The van der Waals surface area contributed by atoms with Crippen LogP contribution in [0.4, 0.5) is 0 Å². The lowest BCUT2D eigenvalue weighted by atomic mass is 10.2. The van der Waals surface area contributed by atoms with Crippen LogP contribution in [0, 0.1) is 0 Å². The van der Waals surface area contributed by atoms with Crippen LogP contribution in [-0.2, 0) is 15.5 Å². The van der Waals surface area contributed by atoms with E-state index in [1.807, 2.05) is 0 Å². The van der Waals surface area contributed by atoms with Crippen LogP contribution in [0.3, 0.4) is 0 Å². The molecule has 1 aromatic rings. The molecule has 0 spiro atoms. The van der Waals surface area contributed by atoms with Gasteiger partial charge in [0.1, 0.15) is 0 Å². The van der Waals surface area contributed by atoms with Crippen molar-refractivity contribution in [3.63, 3.8) is 0 Å². The highest BCUT2D eigenvalue weighted by Crippen LogP contribution is 2.24. The van der Waals surface area contributed by atoms with Gasteiger partial charge in [-0.25, -0.2) is 4.79 Å². The monoisotopic (exact) mass is 318 g/mol. The highest BCUT2D eigenvalue weighted by Gasteiger charge is 2.24. The minimum absolute atomic E-state index is 0.0298. The Kier molecular flexibility index (Phi) is 3.96. The first-order chi connectivity index (χ1) is 8.09. The third kappa shape index (κ3) is 2.75. The molecule has 1 heterocycles. The van der Waals surface area contributed by atoms with E-state index < -0.39 is 16.8 Å².